The number of aromatic nitrogens is 2. The van der Waals surface area contributed by atoms with E-state index >= 15 is 0 Å². The second-order valence-electron chi connectivity index (χ2n) is 5.70. The molecule has 0 spiro atoms. The highest BCUT2D eigenvalue weighted by Crippen LogP contribution is 2.27. The van der Waals surface area contributed by atoms with Crippen LogP contribution in [0.15, 0.2) is 30.3 Å². The monoisotopic (exact) mass is 300 g/mol. The Balaban J connectivity index is 2.23. The maximum Gasteiger partial charge on any atom is 0.141 e. The van der Waals surface area contributed by atoms with Gasteiger partial charge < -0.3 is 9.67 Å². The van der Waals surface area contributed by atoms with Crippen molar-refractivity contribution >= 4 is 12.2 Å². The molecule has 1 aliphatic rings. The molecule has 0 radical (unpaired) electrons. The molecule has 2 aromatic rings. The van der Waals surface area contributed by atoms with Crippen LogP contribution in [0.4, 0.5) is 0 Å². The summed E-state index contributed by atoms with van der Waals surface area (Å²) in [6, 6.07) is 10.1. The molecule has 1 aliphatic carbocycles. The largest absolute Gasteiger partial charge is 0.392 e. The molecular weight excluding hydrogens is 280 g/mol. The summed E-state index contributed by atoms with van der Waals surface area (Å²) >= 11 is 5.51. The van der Waals surface area contributed by atoms with E-state index in [-0.39, 0.29) is 0 Å². The van der Waals surface area contributed by atoms with E-state index in [1.165, 1.54) is 24.1 Å². The molecule has 1 heterocycles. The van der Waals surface area contributed by atoms with Gasteiger partial charge in [-0.1, -0.05) is 42.5 Å². The molecule has 0 bridgehead atoms. The van der Waals surface area contributed by atoms with E-state index in [0.717, 1.165) is 28.9 Å². The van der Waals surface area contributed by atoms with E-state index in [9.17, 15) is 5.11 Å². The van der Waals surface area contributed by atoms with Crippen molar-refractivity contribution in [3.63, 3.8) is 0 Å². The molecular formula is C17H20N2OS. The van der Waals surface area contributed by atoms with Gasteiger partial charge >= 0.3 is 0 Å². The maximum absolute atomic E-state index is 9.87. The summed E-state index contributed by atoms with van der Waals surface area (Å²) in [5.74, 6) is 0.877. The number of nitrogens with zero attached hydrogens (tertiary/aromatic N) is 2. The summed E-state index contributed by atoms with van der Waals surface area (Å²) in [7, 11) is 0. The van der Waals surface area contributed by atoms with Gasteiger partial charge in [-0.05, 0) is 32.6 Å². The molecule has 1 aromatic carbocycles. The van der Waals surface area contributed by atoms with Crippen LogP contribution in [0.5, 0.6) is 0 Å². The first-order chi connectivity index (χ1) is 10.2. The van der Waals surface area contributed by atoms with Gasteiger partial charge in [0, 0.05) is 16.8 Å². The quantitative estimate of drug-likeness (QED) is 0.881. The SMILES string of the molecule is CC(O)Cn1c(-c2ccccc2)nc(=S)c2c1CCCC2. The fraction of sp³-hybridized carbons (Fsp3) is 0.412. The van der Waals surface area contributed by atoms with Crippen LogP contribution in [0.25, 0.3) is 11.4 Å². The first-order valence-corrected chi connectivity index (χ1v) is 7.93. The van der Waals surface area contributed by atoms with Crippen LogP contribution in [0, 0.1) is 4.64 Å². The predicted octanol–water partition coefficient (Wildman–Crippen LogP) is 3.54. The zero-order valence-corrected chi connectivity index (χ0v) is 13.1. The Hall–Kier alpha value is -1.52. The van der Waals surface area contributed by atoms with E-state index in [2.05, 4.69) is 9.55 Å². The molecule has 0 saturated carbocycles. The molecule has 0 fully saturated rings. The van der Waals surface area contributed by atoms with Crippen molar-refractivity contribution in [1.29, 1.82) is 0 Å². The fourth-order valence-electron chi connectivity index (χ4n) is 3.04. The second kappa shape index (κ2) is 6.08. The second-order valence-corrected chi connectivity index (χ2v) is 6.09. The van der Waals surface area contributed by atoms with Gasteiger partial charge in [-0.3, -0.25) is 0 Å². The minimum atomic E-state index is -0.402. The average Bonchev–Trinajstić information content (AvgIpc) is 2.50. The van der Waals surface area contributed by atoms with E-state index < -0.39 is 6.10 Å². The number of benzene rings is 1. The summed E-state index contributed by atoms with van der Waals surface area (Å²) in [6.45, 7) is 2.38. The minimum absolute atomic E-state index is 0.402. The van der Waals surface area contributed by atoms with Gasteiger partial charge in [-0.15, -0.1) is 0 Å². The van der Waals surface area contributed by atoms with Crippen LogP contribution in [-0.4, -0.2) is 20.8 Å². The normalized spacial score (nSPS) is 15.5. The first-order valence-electron chi connectivity index (χ1n) is 7.53. The highest BCUT2D eigenvalue weighted by molar-refractivity contribution is 7.71. The van der Waals surface area contributed by atoms with Crippen LogP contribution in [0.2, 0.25) is 0 Å². The molecule has 1 aromatic heterocycles. The van der Waals surface area contributed by atoms with Crippen molar-refractivity contribution in [3.8, 4) is 11.4 Å². The Morgan fingerprint density at radius 2 is 1.95 bits per heavy atom. The van der Waals surface area contributed by atoms with E-state index in [0.29, 0.717) is 6.54 Å². The summed E-state index contributed by atoms with van der Waals surface area (Å²) in [5, 5.41) is 9.87. The molecule has 110 valence electrons. The molecule has 3 nitrogen and oxygen atoms in total. The van der Waals surface area contributed by atoms with E-state index in [1.54, 1.807) is 0 Å². The number of aliphatic hydroxyl groups is 1. The lowest BCUT2D eigenvalue weighted by atomic mass is 9.96. The van der Waals surface area contributed by atoms with Crippen molar-refractivity contribution in [2.24, 2.45) is 0 Å². The van der Waals surface area contributed by atoms with Gasteiger partial charge in [0.25, 0.3) is 0 Å². The molecule has 0 amide bonds. The molecule has 1 atom stereocenters. The van der Waals surface area contributed by atoms with Crippen molar-refractivity contribution in [2.75, 3.05) is 0 Å². The number of hydrogen-bond donors (Lipinski definition) is 1. The van der Waals surface area contributed by atoms with Crippen molar-refractivity contribution in [3.05, 3.63) is 46.2 Å². The van der Waals surface area contributed by atoms with E-state index in [4.69, 9.17) is 12.2 Å². The van der Waals surface area contributed by atoms with Gasteiger partial charge in [0.15, 0.2) is 0 Å². The maximum atomic E-state index is 9.87. The summed E-state index contributed by atoms with van der Waals surface area (Å²) in [4.78, 5) is 4.68. The number of aliphatic hydroxyl groups excluding tert-OH is 1. The molecule has 1 N–H and O–H groups in total. The summed E-state index contributed by atoms with van der Waals surface area (Å²) in [5.41, 5.74) is 3.52. The zero-order valence-electron chi connectivity index (χ0n) is 12.2. The molecule has 4 heteroatoms. The highest BCUT2D eigenvalue weighted by Gasteiger charge is 2.19. The summed E-state index contributed by atoms with van der Waals surface area (Å²) < 4.78 is 2.90. The standard InChI is InChI=1S/C17H20N2OS/c1-12(20)11-19-15-10-6-5-9-14(15)17(21)18-16(19)13-7-3-2-4-8-13/h2-4,7-8,12,20H,5-6,9-11H2,1H3. The third-order valence-corrected chi connectivity index (χ3v) is 4.30. The van der Waals surface area contributed by atoms with Crippen LogP contribution < -0.4 is 0 Å². The first kappa shape index (κ1) is 14.4. The number of fused-ring (bicyclic) bond motifs is 1. The molecule has 3 rings (SSSR count). The topological polar surface area (TPSA) is 38.0 Å². The molecule has 1 unspecified atom stereocenters. The number of rotatable bonds is 3. The van der Waals surface area contributed by atoms with Gasteiger partial charge in [0.1, 0.15) is 10.5 Å². The van der Waals surface area contributed by atoms with Gasteiger partial charge in [-0.2, -0.15) is 0 Å². The van der Waals surface area contributed by atoms with Crippen LogP contribution >= 0.6 is 12.2 Å². The zero-order chi connectivity index (χ0) is 14.8. The average molecular weight is 300 g/mol. The van der Waals surface area contributed by atoms with Crippen molar-refractivity contribution in [1.82, 2.24) is 9.55 Å². The lowest BCUT2D eigenvalue weighted by Crippen LogP contribution is -2.22. The fourth-order valence-corrected chi connectivity index (χ4v) is 3.34. The summed E-state index contributed by atoms with van der Waals surface area (Å²) in [6.07, 6.45) is 3.99. The minimum Gasteiger partial charge on any atom is -0.392 e. The van der Waals surface area contributed by atoms with Crippen molar-refractivity contribution in [2.45, 2.75) is 45.3 Å². The Morgan fingerprint density at radius 1 is 1.24 bits per heavy atom. The van der Waals surface area contributed by atoms with Gasteiger partial charge in [0.2, 0.25) is 0 Å². The van der Waals surface area contributed by atoms with Gasteiger partial charge in [-0.25, -0.2) is 4.98 Å². The smallest absolute Gasteiger partial charge is 0.141 e. The Bertz CT molecular complexity index is 692. The Labute approximate surface area is 130 Å². The predicted molar refractivity (Wildman–Crippen MR) is 86.8 cm³/mol. The molecule has 0 saturated heterocycles. The van der Waals surface area contributed by atoms with Crippen LogP contribution in [0.3, 0.4) is 0 Å². The van der Waals surface area contributed by atoms with Crippen LogP contribution in [-0.2, 0) is 19.4 Å². The lowest BCUT2D eigenvalue weighted by Gasteiger charge is -2.25. The highest BCUT2D eigenvalue weighted by atomic mass is 32.1. The molecule has 0 aliphatic heterocycles. The molecule has 21 heavy (non-hydrogen) atoms. The Morgan fingerprint density at radius 3 is 2.67 bits per heavy atom. The number of hydrogen-bond acceptors (Lipinski definition) is 3. The van der Waals surface area contributed by atoms with Gasteiger partial charge in [0.05, 0.1) is 12.6 Å². The lowest BCUT2D eigenvalue weighted by molar-refractivity contribution is 0.172. The third kappa shape index (κ3) is 2.92. The van der Waals surface area contributed by atoms with E-state index in [1.807, 2.05) is 37.3 Å². The third-order valence-electron chi connectivity index (χ3n) is 3.96. The van der Waals surface area contributed by atoms with Crippen molar-refractivity contribution < 1.29 is 5.11 Å². The van der Waals surface area contributed by atoms with Crippen LogP contribution in [0.1, 0.15) is 31.0 Å². The Kier molecular flexibility index (Phi) is 4.17.